The molecule has 0 N–H and O–H groups in total. The van der Waals surface area contributed by atoms with Gasteiger partial charge >= 0.3 is 0 Å². The molecule has 10 heavy (non-hydrogen) atoms. The lowest BCUT2D eigenvalue weighted by Gasteiger charge is -1.63. The zero-order chi connectivity index (χ0) is 6.81. The maximum atomic E-state index is 4.65. The Balaban J connectivity index is 2.94. The molecule has 2 heterocycles. The molecule has 0 unspecified atom stereocenters. The summed E-state index contributed by atoms with van der Waals surface area (Å²) < 4.78 is 4.65. The quantitative estimate of drug-likeness (QED) is 0.439. The fraction of sp³-hybridized carbons (Fsp3) is 0. The van der Waals surface area contributed by atoms with Gasteiger partial charge in [-0.3, -0.25) is 0 Å². The van der Waals surface area contributed by atoms with Crippen molar-refractivity contribution in [1.82, 2.24) is 10.4 Å². The average molecular weight is 134 g/mol. The van der Waals surface area contributed by atoms with Gasteiger partial charge in [-0.25, -0.2) is 9.98 Å². The molecule has 0 aliphatic carbocycles. The number of aromatic nitrogens is 2. The number of hydrogen-bond donors (Lipinski definition) is 0. The third-order valence-corrected chi connectivity index (χ3v) is 0.996. The van der Waals surface area contributed by atoms with Crippen molar-refractivity contribution >= 4 is 12.1 Å². The van der Waals surface area contributed by atoms with Crippen LogP contribution in [-0.2, 0) is 0 Å². The van der Waals surface area contributed by atoms with Gasteiger partial charge in [-0.05, 0) is 0 Å². The first-order valence-corrected chi connectivity index (χ1v) is 2.60. The first kappa shape index (κ1) is 5.08. The lowest BCUT2D eigenvalue weighted by atomic mass is 10.7. The highest BCUT2D eigenvalue weighted by Crippen LogP contribution is 1.69. The van der Waals surface area contributed by atoms with Gasteiger partial charge in [-0.2, -0.15) is 0 Å². The van der Waals surface area contributed by atoms with Crippen LogP contribution in [-0.4, -0.2) is 16.2 Å². The smallest absolute Gasteiger partial charge is 0.280 e. The van der Waals surface area contributed by atoms with Crippen LogP contribution in [0.3, 0.4) is 0 Å². The van der Waals surface area contributed by atoms with Gasteiger partial charge in [0.25, 0.3) is 5.55 Å². The molecule has 0 saturated heterocycles. The Morgan fingerprint density at radius 2 is 2.50 bits per heavy atom. The van der Waals surface area contributed by atoms with E-state index < -0.39 is 0 Å². The first-order chi connectivity index (χ1) is 4.97. The standard InChI is InChI=1S/C5H2N4O/c1-2-7-5-4(3-6-1)8-9-10-5/h2-3H. The van der Waals surface area contributed by atoms with Gasteiger partial charge in [0.1, 0.15) is 0 Å². The van der Waals surface area contributed by atoms with Crippen LogP contribution < -0.4 is 10.9 Å². The molecule has 0 aromatic carbocycles. The Morgan fingerprint density at radius 3 is 3.50 bits per heavy atom. The van der Waals surface area contributed by atoms with Crippen molar-refractivity contribution < 1.29 is 4.52 Å². The number of aliphatic imine (C=N–C) groups is 1. The minimum Gasteiger partial charge on any atom is -0.316 e. The largest absolute Gasteiger partial charge is 0.316 e. The minimum absolute atomic E-state index is 0.369. The van der Waals surface area contributed by atoms with Gasteiger partial charge in [0.05, 0.1) is 12.4 Å². The van der Waals surface area contributed by atoms with Crippen molar-refractivity contribution in [2.45, 2.75) is 0 Å². The second kappa shape index (κ2) is 1.89. The lowest BCUT2D eigenvalue weighted by molar-refractivity contribution is 0.360. The zero-order valence-corrected chi connectivity index (χ0v) is 4.85. The van der Waals surface area contributed by atoms with Crippen molar-refractivity contribution in [2.75, 3.05) is 0 Å². The molecule has 5 nitrogen and oxygen atoms in total. The summed E-state index contributed by atoms with van der Waals surface area (Å²) in [5.41, 5.74) is 0.369. The van der Waals surface area contributed by atoms with Crippen LogP contribution in [0.5, 0.6) is 0 Å². The van der Waals surface area contributed by atoms with Gasteiger partial charge in [-0.1, -0.05) is 0 Å². The third-order valence-electron chi connectivity index (χ3n) is 0.996. The predicted octanol–water partition coefficient (Wildman–Crippen LogP) is -1.38. The summed E-state index contributed by atoms with van der Waals surface area (Å²) in [6.45, 7) is 0. The van der Waals surface area contributed by atoms with Crippen LogP contribution in [0.25, 0.3) is 6.20 Å². The molecular formula is C5H2N4O. The SMILES string of the molecule is C1=CN=c2onnc2=CN=1. The zero-order valence-electron chi connectivity index (χ0n) is 4.85. The summed E-state index contributed by atoms with van der Waals surface area (Å²) in [6.07, 6.45) is 2.88. The van der Waals surface area contributed by atoms with E-state index >= 15 is 0 Å². The molecule has 1 aliphatic rings. The van der Waals surface area contributed by atoms with Crippen molar-refractivity contribution in [2.24, 2.45) is 9.98 Å². The normalized spacial score (nSPS) is 13.2. The van der Waals surface area contributed by atoms with Crippen LogP contribution >= 0.6 is 0 Å². The number of rotatable bonds is 0. The Bertz CT molecular complexity index is 375. The molecule has 48 valence electrons. The Hall–Kier alpha value is -1.74. The first-order valence-electron chi connectivity index (χ1n) is 2.60. The van der Waals surface area contributed by atoms with E-state index in [2.05, 4.69) is 30.7 Å². The van der Waals surface area contributed by atoms with Gasteiger partial charge in [0, 0.05) is 11.1 Å². The maximum absolute atomic E-state index is 4.65. The van der Waals surface area contributed by atoms with E-state index in [1.165, 1.54) is 12.4 Å². The molecule has 0 atom stereocenters. The average Bonchev–Trinajstić information content (AvgIpc) is 2.28. The highest BCUT2D eigenvalue weighted by atomic mass is 16.5. The van der Waals surface area contributed by atoms with Crippen LogP contribution in [0.15, 0.2) is 20.7 Å². The molecule has 0 fully saturated rings. The summed E-state index contributed by atoms with van der Waals surface area (Å²) in [5, 5.41) is 7.41. The molecule has 5 heteroatoms. The van der Waals surface area contributed by atoms with Crippen molar-refractivity contribution in [3.05, 3.63) is 17.1 Å². The molecule has 1 aromatic rings. The second-order valence-corrected chi connectivity index (χ2v) is 1.61. The topological polar surface area (TPSA) is 63.6 Å². The molecular weight excluding hydrogens is 132 g/mol. The Morgan fingerprint density at radius 1 is 1.50 bits per heavy atom. The van der Waals surface area contributed by atoms with E-state index in [1.807, 2.05) is 0 Å². The van der Waals surface area contributed by atoms with E-state index in [1.54, 1.807) is 0 Å². The second-order valence-electron chi connectivity index (χ2n) is 1.61. The molecule has 1 aliphatic heterocycles. The highest BCUT2D eigenvalue weighted by molar-refractivity contribution is 5.55. The summed E-state index contributed by atoms with van der Waals surface area (Å²) in [4.78, 5) is 7.49. The predicted molar refractivity (Wildman–Crippen MR) is 31.5 cm³/mol. The van der Waals surface area contributed by atoms with E-state index in [4.69, 9.17) is 0 Å². The molecule has 0 saturated carbocycles. The van der Waals surface area contributed by atoms with Crippen molar-refractivity contribution in [3.63, 3.8) is 0 Å². The van der Waals surface area contributed by atoms with Crippen LogP contribution in [0.2, 0.25) is 0 Å². The van der Waals surface area contributed by atoms with E-state index in [9.17, 15) is 0 Å². The third kappa shape index (κ3) is 0.655. The number of fused-ring (bicyclic) bond motifs is 1. The monoisotopic (exact) mass is 134 g/mol. The Kier molecular flexibility index (Phi) is 0.961. The lowest BCUT2D eigenvalue weighted by Crippen LogP contribution is -2.21. The Labute approximate surface area is 55.1 Å². The van der Waals surface area contributed by atoms with Crippen molar-refractivity contribution in [3.8, 4) is 0 Å². The molecule has 0 bridgehead atoms. The summed E-state index contributed by atoms with van der Waals surface area (Å²) >= 11 is 0. The van der Waals surface area contributed by atoms with Crippen LogP contribution in [0.4, 0.5) is 0 Å². The van der Waals surface area contributed by atoms with Crippen LogP contribution in [0, 0.1) is 0 Å². The molecule has 0 radical (unpaired) electrons. The maximum Gasteiger partial charge on any atom is 0.280 e. The molecule has 0 amide bonds. The molecule has 1 aromatic heterocycles. The number of nitrogens with zero attached hydrogens (tertiary/aromatic N) is 4. The van der Waals surface area contributed by atoms with Gasteiger partial charge in [-0.15, -0.1) is 5.10 Å². The van der Waals surface area contributed by atoms with Gasteiger partial charge in [0.15, 0.2) is 5.35 Å². The molecule has 2 rings (SSSR count). The minimum atomic E-state index is 0.369. The summed E-state index contributed by atoms with van der Waals surface area (Å²) in [6, 6.07) is 0. The summed E-state index contributed by atoms with van der Waals surface area (Å²) in [7, 11) is 0. The fourth-order valence-electron chi connectivity index (χ4n) is 0.583. The van der Waals surface area contributed by atoms with E-state index in [0.717, 1.165) is 0 Å². The summed E-state index contributed by atoms with van der Waals surface area (Å²) in [5.74, 6) is 2.53. The van der Waals surface area contributed by atoms with E-state index in [-0.39, 0.29) is 0 Å². The molecule has 0 spiro atoms. The van der Waals surface area contributed by atoms with E-state index in [0.29, 0.717) is 10.9 Å². The highest BCUT2D eigenvalue weighted by Gasteiger charge is 1.92. The van der Waals surface area contributed by atoms with Gasteiger partial charge in [0.2, 0.25) is 0 Å². The number of hydrogen-bond acceptors (Lipinski definition) is 5. The fourth-order valence-corrected chi connectivity index (χ4v) is 0.583. The van der Waals surface area contributed by atoms with Crippen molar-refractivity contribution in [1.29, 1.82) is 0 Å². The van der Waals surface area contributed by atoms with Gasteiger partial charge < -0.3 is 4.52 Å². The van der Waals surface area contributed by atoms with Crippen LogP contribution in [0.1, 0.15) is 0 Å².